The Labute approximate surface area is 151 Å². The quantitative estimate of drug-likeness (QED) is 0.703. The predicted molar refractivity (Wildman–Crippen MR) is 97.6 cm³/mol. The summed E-state index contributed by atoms with van der Waals surface area (Å²) in [5.74, 6) is 0.124. The van der Waals surface area contributed by atoms with Crippen molar-refractivity contribution in [3.05, 3.63) is 46.9 Å². The van der Waals surface area contributed by atoms with Gasteiger partial charge in [0, 0.05) is 39.7 Å². The highest BCUT2D eigenvalue weighted by atomic mass is 35.5. The van der Waals surface area contributed by atoms with E-state index in [0.29, 0.717) is 31.7 Å². The number of carbonyl (C=O) groups is 1. The van der Waals surface area contributed by atoms with Crippen molar-refractivity contribution in [3.8, 4) is 0 Å². The van der Waals surface area contributed by atoms with Crippen molar-refractivity contribution >= 4 is 29.0 Å². The number of benzene rings is 1. The summed E-state index contributed by atoms with van der Waals surface area (Å²) in [6, 6.07) is 6.37. The molecule has 1 amide bonds. The van der Waals surface area contributed by atoms with Gasteiger partial charge in [-0.15, -0.1) is 5.10 Å². The van der Waals surface area contributed by atoms with Gasteiger partial charge in [-0.1, -0.05) is 17.7 Å². The van der Waals surface area contributed by atoms with Crippen LogP contribution in [-0.4, -0.2) is 43.3 Å². The summed E-state index contributed by atoms with van der Waals surface area (Å²) in [7, 11) is 3.85. The van der Waals surface area contributed by atoms with Crippen LogP contribution in [0.1, 0.15) is 12.0 Å². The molecule has 2 aromatic rings. The highest BCUT2D eigenvalue weighted by Crippen LogP contribution is 2.17. The number of aryl methyl sites for hydroxylation is 1. The molecule has 0 aliphatic rings. The predicted octanol–water partition coefficient (Wildman–Crippen LogP) is 2.50. The fraction of sp³-hybridized carbons (Fsp3) is 0.353. The molecule has 0 unspecified atom stereocenters. The third-order valence-electron chi connectivity index (χ3n) is 3.53. The highest BCUT2D eigenvalue weighted by Gasteiger charge is 2.05. The summed E-state index contributed by atoms with van der Waals surface area (Å²) in [6.45, 7) is 1.01. The Balaban J connectivity index is 1.68. The molecule has 0 saturated carbocycles. The van der Waals surface area contributed by atoms with Gasteiger partial charge in [-0.05, 0) is 24.1 Å². The molecule has 0 bridgehead atoms. The van der Waals surface area contributed by atoms with Crippen molar-refractivity contribution in [2.45, 2.75) is 12.8 Å². The minimum atomic E-state index is -0.456. The number of hydrogen-bond donors (Lipinski definition) is 2. The molecule has 25 heavy (non-hydrogen) atoms. The molecule has 0 atom stereocenters. The number of aromatic nitrogens is 2. The smallest absolute Gasteiger partial charge is 0.220 e. The second-order valence-electron chi connectivity index (χ2n) is 5.72. The van der Waals surface area contributed by atoms with E-state index in [1.807, 2.05) is 25.1 Å². The second kappa shape index (κ2) is 9.17. The standard InChI is InChI=1S/C17H21ClFN5O/c1-24(2)13-10-16(23-22-11-13)20-7-8-21-17(25)6-4-12-3-5-15(19)14(18)9-12/h3,5,9-11H,4,6-8H2,1-2H3,(H,20,23)(H,21,25). The van der Waals surface area contributed by atoms with E-state index in [0.717, 1.165) is 11.3 Å². The second-order valence-corrected chi connectivity index (χ2v) is 6.13. The van der Waals surface area contributed by atoms with Gasteiger partial charge >= 0.3 is 0 Å². The lowest BCUT2D eigenvalue weighted by Gasteiger charge is -2.13. The molecule has 1 heterocycles. The molecule has 1 aromatic carbocycles. The largest absolute Gasteiger partial charge is 0.376 e. The molecular formula is C17H21ClFN5O. The first-order valence-electron chi connectivity index (χ1n) is 7.90. The maximum Gasteiger partial charge on any atom is 0.220 e. The van der Waals surface area contributed by atoms with E-state index in [-0.39, 0.29) is 10.9 Å². The lowest BCUT2D eigenvalue weighted by Crippen LogP contribution is -2.29. The normalized spacial score (nSPS) is 10.4. The number of carbonyl (C=O) groups excluding carboxylic acids is 1. The third kappa shape index (κ3) is 6.19. The lowest BCUT2D eigenvalue weighted by atomic mass is 10.1. The molecule has 2 rings (SSSR count). The number of anilines is 2. The molecule has 134 valence electrons. The van der Waals surface area contributed by atoms with Crippen molar-refractivity contribution in [1.29, 1.82) is 0 Å². The van der Waals surface area contributed by atoms with Gasteiger partial charge in [0.15, 0.2) is 5.82 Å². The molecule has 8 heteroatoms. The van der Waals surface area contributed by atoms with Crippen LogP contribution in [0.15, 0.2) is 30.5 Å². The first kappa shape index (κ1) is 18.9. The summed E-state index contributed by atoms with van der Waals surface area (Å²) < 4.78 is 13.1. The van der Waals surface area contributed by atoms with Crippen LogP contribution in [0.25, 0.3) is 0 Å². The summed E-state index contributed by atoms with van der Waals surface area (Å²) in [4.78, 5) is 13.8. The Kier molecular flexibility index (Phi) is 6.94. The van der Waals surface area contributed by atoms with Gasteiger partial charge in [0.05, 0.1) is 16.9 Å². The van der Waals surface area contributed by atoms with Crippen LogP contribution in [0.5, 0.6) is 0 Å². The van der Waals surface area contributed by atoms with Crippen LogP contribution in [0.3, 0.4) is 0 Å². The van der Waals surface area contributed by atoms with Gasteiger partial charge in [0.2, 0.25) is 5.91 Å². The summed E-state index contributed by atoms with van der Waals surface area (Å²) >= 11 is 5.72. The number of nitrogens with zero attached hydrogens (tertiary/aromatic N) is 3. The van der Waals surface area contributed by atoms with E-state index < -0.39 is 5.82 Å². The summed E-state index contributed by atoms with van der Waals surface area (Å²) in [6.07, 6.45) is 2.50. The van der Waals surface area contributed by atoms with Gasteiger partial charge in [-0.2, -0.15) is 5.10 Å². The van der Waals surface area contributed by atoms with E-state index in [1.165, 1.54) is 6.07 Å². The van der Waals surface area contributed by atoms with E-state index >= 15 is 0 Å². The van der Waals surface area contributed by atoms with Crippen molar-refractivity contribution in [1.82, 2.24) is 15.5 Å². The van der Waals surface area contributed by atoms with E-state index in [9.17, 15) is 9.18 Å². The Bertz CT molecular complexity index is 726. The van der Waals surface area contributed by atoms with Crippen molar-refractivity contribution < 1.29 is 9.18 Å². The minimum Gasteiger partial charge on any atom is -0.376 e. The molecule has 0 radical (unpaired) electrons. The summed E-state index contributed by atoms with van der Waals surface area (Å²) in [5.41, 5.74) is 1.77. The Hall–Kier alpha value is -2.41. The van der Waals surface area contributed by atoms with Crippen LogP contribution in [0.4, 0.5) is 15.9 Å². The number of hydrogen-bond acceptors (Lipinski definition) is 5. The fourth-order valence-corrected chi connectivity index (χ4v) is 2.32. The average Bonchev–Trinajstić information content (AvgIpc) is 2.60. The summed E-state index contributed by atoms with van der Waals surface area (Å²) in [5, 5.41) is 13.9. The van der Waals surface area contributed by atoms with Crippen molar-refractivity contribution in [3.63, 3.8) is 0 Å². The van der Waals surface area contributed by atoms with Crippen molar-refractivity contribution in [2.75, 3.05) is 37.4 Å². The number of halogens is 2. The van der Waals surface area contributed by atoms with Crippen LogP contribution in [-0.2, 0) is 11.2 Å². The maximum absolute atomic E-state index is 13.1. The van der Waals surface area contributed by atoms with E-state index in [4.69, 9.17) is 11.6 Å². The fourth-order valence-electron chi connectivity index (χ4n) is 2.12. The topological polar surface area (TPSA) is 70.2 Å². The van der Waals surface area contributed by atoms with Gasteiger partial charge < -0.3 is 15.5 Å². The minimum absolute atomic E-state index is 0.0724. The number of rotatable bonds is 8. The van der Waals surface area contributed by atoms with Crippen LogP contribution >= 0.6 is 11.6 Å². The third-order valence-corrected chi connectivity index (χ3v) is 3.82. The SMILES string of the molecule is CN(C)c1cnnc(NCCNC(=O)CCc2ccc(F)c(Cl)c2)c1. The van der Waals surface area contributed by atoms with Gasteiger partial charge in [0.25, 0.3) is 0 Å². The molecule has 0 aliphatic carbocycles. The monoisotopic (exact) mass is 365 g/mol. The Morgan fingerprint density at radius 3 is 2.80 bits per heavy atom. The number of nitrogens with one attached hydrogen (secondary N) is 2. The van der Waals surface area contributed by atoms with E-state index in [1.54, 1.807) is 18.3 Å². The maximum atomic E-state index is 13.1. The molecule has 0 aliphatic heterocycles. The first-order valence-corrected chi connectivity index (χ1v) is 8.28. The number of amides is 1. The zero-order valence-electron chi connectivity index (χ0n) is 14.2. The zero-order valence-corrected chi connectivity index (χ0v) is 15.0. The lowest BCUT2D eigenvalue weighted by molar-refractivity contribution is -0.120. The molecule has 0 saturated heterocycles. The molecule has 0 fully saturated rings. The van der Waals surface area contributed by atoms with Crippen molar-refractivity contribution in [2.24, 2.45) is 0 Å². The average molecular weight is 366 g/mol. The molecule has 6 nitrogen and oxygen atoms in total. The Morgan fingerprint density at radius 2 is 2.08 bits per heavy atom. The van der Waals surface area contributed by atoms with Gasteiger partial charge in [0.1, 0.15) is 5.82 Å². The van der Waals surface area contributed by atoms with Crippen LogP contribution in [0.2, 0.25) is 5.02 Å². The highest BCUT2D eigenvalue weighted by molar-refractivity contribution is 6.30. The Morgan fingerprint density at radius 1 is 1.28 bits per heavy atom. The molecule has 0 spiro atoms. The molecule has 1 aromatic heterocycles. The van der Waals surface area contributed by atoms with E-state index in [2.05, 4.69) is 20.8 Å². The van der Waals surface area contributed by atoms with Crippen LogP contribution < -0.4 is 15.5 Å². The molecular weight excluding hydrogens is 345 g/mol. The zero-order chi connectivity index (χ0) is 18.2. The molecule has 2 N–H and O–H groups in total. The van der Waals surface area contributed by atoms with Gasteiger partial charge in [-0.25, -0.2) is 4.39 Å². The van der Waals surface area contributed by atoms with Gasteiger partial charge in [-0.3, -0.25) is 4.79 Å². The van der Waals surface area contributed by atoms with Crippen LogP contribution in [0, 0.1) is 5.82 Å². The first-order chi connectivity index (χ1) is 12.0.